The minimum atomic E-state index is 0.750. The fourth-order valence-corrected chi connectivity index (χ4v) is 2.98. The standard InChI is InChI=1S/C18H12N6/c1-2-6-13(7-3-1)14-8-4-5-9-15(14)18-22-21-17-11-10-16-20-19-12-23(16)24(17)18/h1-12H. The lowest BCUT2D eigenvalue weighted by atomic mass is 9.99. The predicted molar refractivity (Wildman–Crippen MR) is 90.4 cm³/mol. The van der Waals surface area contributed by atoms with Crippen molar-refractivity contribution in [2.75, 3.05) is 0 Å². The first kappa shape index (κ1) is 13.0. The Kier molecular flexibility index (Phi) is 2.69. The third kappa shape index (κ3) is 1.83. The van der Waals surface area contributed by atoms with Crippen LogP contribution in [0, 0.1) is 0 Å². The molecule has 114 valence electrons. The van der Waals surface area contributed by atoms with Gasteiger partial charge in [-0.3, -0.25) is 0 Å². The molecule has 2 aromatic carbocycles. The Hall–Kier alpha value is -3.54. The van der Waals surface area contributed by atoms with Crippen LogP contribution < -0.4 is 0 Å². The fraction of sp³-hybridized carbons (Fsp3) is 0. The molecular weight excluding hydrogens is 300 g/mol. The van der Waals surface area contributed by atoms with Crippen LogP contribution in [0.3, 0.4) is 0 Å². The Labute approximate surface area is 137 Å². The van der Waals surface area contributed by atoms with Crippen molar-refractivity contribution in [2.24, 2.45) is 0 Å². The van der Waals surface area contributed by atoms with E-state index in [1.807, 2.05) is 51.5 Å². The summed E-state index contributed by atoms with van der Waals surface area (Å²) in [6.07, 6.45) is 1.67. The summed E-state index contributed by atoms with van der Waals surface area (Å²) in [4.78, 5) is 0. The first-order valence-corrected chi connectivity index (χ1v) is 7.61. The molecule has 0 spiro atoms. The van der Waals surface area contributed by atoms with Crippen molar-refractivity contribution < 1.29 is 0 Å². The average molecular weight is 312 g/mol. The van der Waals surface area contributed by atoms with E-state index in [1.54, 1.807) is 6.33 Å². The average Bonchev–Trinajstić information content (AvgIpc) is 3.28. The number of aromatic nitrogens is 6. The normalized spacial score (nSPS) is 11.3. The molecule has 0 amide bonds. The number of hydrogen-bond donors (Lipinski definition) is 0. The maximum absolute atomic E-state index is 4.42. The molecule has 0 fully saturated rings. The molecule has 5 rings (SSSR count). The Morgan fingerprint density at radius 3 is 2.25 bits per heavy atom. The quantitative estimate of drug-likeness (QED) is 0.502. The van der Waals surface area contributed by atoms with Crippen molar-refractivity contribution in [2.45, 2.75) is 0 Å². The van der Waals surface area contributed by atoms with Crippen LogP contribution in [0.15, 0.2) is 73.1 Å². The molecule has 3 heterocycles. The van der Waals surface area contributed by atoms with E-state index in [0.29, 0.717) is 0 Å². The Morgan fingerprint density at radius 2 is 1.38 bits per heavy atom. The first-order chi connectivity index (χ1) is 11.9. The zero-order valence-corrected chi connectivity index (χ0v) is 12.6. The van der Waals surface area contributed by atoms with Crippen molar-refractivity contribution >= 4 is 11.3 Å². The van der Waals surface area contributed by atoms with Gasteiger partial charge in [-0.05, 0) is 23.3 Å². The summed E-state index contributed by atoms with van der Waals surface area (Å²) in [5.74, 6) is 0.759. The van der Waals surface area contributed by atoms with Gasteiger partial charge >= 0.3 is 0 Å². The third-order valence-electron chi connectivity index (χ3n) is 4.07. The molecule has 0 saturated carbocycles. The number of fused-ring (bicyclic) bond motifs is 3. The Morgan fingerprint density at radius 1 is 0.625 bits per heavy atom. The largest absolute Gasteiger partial charge is 0.213 e. The molecule has 0 aliphatic heterocycles. The zero-order chi connectivity index (χ0) is 15.9. The van der Waals surface area contributed by atoms with Crippen molar-refractivity contribution in [1.82, 2.24) is 29.4 Å². The number of rotatable bonds is 2. The van der Waals surface area contributed by atoms with Gasteiger partial charge in [-0.15, -0.1) is 20.4 Å². The van der Waals surface area contributed by atoms with Crippen molar-refractivity contribution in [3.63, 3.8) is 0 Å². The van der Waals surface area contributed by atoms with Gasteiger partial charge < -0.3 is 0 Å². The number of benzene rings is 2. The molecule has 6 heteroatoms. The molecule has 6 nitrogen and oxygen atoms in total. The van der Waals surface area contributed by atoms with Crippen LogP contribution in [0.5, 0.6) is 0 Å². The lowest BCUT2D eigenvalue weighted by molar-refractivity contribution is 0.850. The van der Waals surface area contributed by atoms with Gasteiger partial charge in [0.05, 0.1) is 0 Å². The van der Waals surface area contributed by atoms with E-state index in [2.05, 4.69) is 44.7 Å². The SMILES string of the molecule is c1ccc(-c2ccccc2-c2nnc3ccc4nncn4n23)cc1. The maximum atomic E-state index is 4.42. The van der Waals surface area contributed by atoms with E-state index in [0.717, 1.165) is 33.8 Å². The van der Waals surface area contributed by atoms with E-state index in [9.17, 15) is 0 Å². The van der Waals surface area contributed by atoms with Crippen LogP contribution >= 0.6 is 0 Å². The van der Waals surface area contributed by atoms with Crippen molar-refractivity contribution in [3.05, 3.63) is 73.1 Å². The molecule has 5 aromatic rings. The van der Waals surface area contributed by atoms with Gasteiger partial charge in [-0.25, -0.2) is 9.03 Å². The second kappa shape index (κ2) is 4.99. The minimum absolute atomic E-state index is 0.750. The van der Waals surface area contributed by atoms with Crippen LogP contribution in [0.4, 0.5) is 0 Å². The van der Waals surface area contributed by atoms with Crippen LogP contribution in [0.2, 0.25) is 0 Å². The maximum Gasteiger partial charge on any atom is 0.184 e. The molecule has 0 radical (unpaired) electrons. The smallest absolute Gasteiger partial charge is 0.184 e. The van der Waals surface area contributed by atoms with E-state index in [1.165, 1.54) is 0 Å². The van der Waals surface area contributed by atoms with Gasteiger partial charge in [0.2, 0.25) is 0 Å². The predicted octanol–water partition coefficient (Wildman–Crippen LogP) is 3.11. The molecule has 0 saturated heterocycles. The summed E-state index contributed by atoms with van der Waals surface area (Å²) in [5.41, 5.74) is 4.76. The number of nitrogens with zero attached hydrogens (tertiary/aromatic N) is 6. The highest BCUT2D eigenvalue weighted by Crippen LogP contribution is 2.31. The second-order valence-electron chi connectivity index (χ2n) is 5.47. The zero-order valence-electron chi connectivity index (χ0n) is 12.6. The van der Waals surface area contributed by atoms with Crippen LogP contribution in [-0.4, -0.2) is 29.4 Å². The molecule has 24 heavy (non-hydrogen) atoms. The van der Waals surface area contributed by atoms with Gasteiger partial charge in [0.1, 0.15) is 6.33 Å². The van der Waals surface area contributed by atoms with Crippen molar-refractivity contribution in [1.29, 1.82) is 0 Å². The van der Waals surface area contributed by atoms with Gasteiger partial charge in [0, 0.05) is 5.56 Å². The molecule has 0 unspecified atom stereocenters. The van der Waals surface area contributed by atoms with Gasteiger partial charge in [0.15, 0.2) is 17.1 Å². The molecular formula is C18H12N6. The Bertz CT molecular complexity index is 1160. The lowest BCUT2D eigenvalue weighted by Gasteiger charge is -2.09. The summed E-state index contributed by atoms with van der Waals surface area (Å²) in [5, 5.41) is 16.8. The highest BCUT2D eigenvalue weighted by Gasteiger charge is 2.15. The van der Waals surface area contributed by atoms with Gasteiger partial charge in [-0.2, -0.15) is 0 Å². The molecule has 3 aromatic heterocycles. The molecule has 0 aliphatic carbocycles. The fourth-order valence-electron chi connectivity index (χ4n) is 2.98. The first-order valence-electron chi connectivity index (χ1n) is 7.61. The topological polar surface area (TPSA) is 60.4 Å². The molecule has 0 aliphatic rings. The van der Waals surface area contributed by atoms with E-state index >= 15 is 0 Å². The molecule has 0 bridgehead atoms. The van der Waals surface area contributed by atoms with Crippen molar-refractivity contribution in [3.8, 4) is 22.5 Å². The number of hydrogen-bond acceptors (Lipinski definition) is 4. The van der Waals surface area contributed by atoms with Gasteiger partial charge in [-0.1, -0.05) is 54.6 Å². The van der Waals surface area contributed by atoms with E-state index < -0.39 is 0 Å². The summed E-state index contributed by atoms with van der Waals surface area (Å²) in [6.45, 7) is 0. The van der Waals surface area contributed by atoms with Crippen LogP contribution in [-0.2, 0) is 0 Å². The minimum Gasteiger partial charge on any atom is -0.213 e. The van der Waals surface area contributed by atoms with Crippen LogP contribution in [0.25, 0.3) is 33.8 Å². The Balaban J connectivity index is 1.85. The molecule has 0 atom stereocenters. The lowest BCUT2D eigenvalue weighted by Crippen LogP contribution is -2.01. The van der Waals surface area contributed by atoms with E-state index in [4.69, 9.17) is 0 Å². The molecule has 0 N–H and O–H groups in total. The highest BCUT2D eigenvalue weighted by molar-refractivity contribution is 5.81. The summed E-state index contributed by atoms with van der Waals surface area (Å²) >= 11 is 0. The monoisotopic (exact) mass is 312 g/mol. The highest BCUT2D eigenvalue weighted by atomic mass is 15.5. The van der Waals surface area contributed by atoms with Gasteiger partial charge in [0.25, 0.3) is 0 Å². The summed E-state index contributed by atoms with van der Waals surface area (Å²) in [7, 11) is 0. The van der Waals surface area contributed by atoms with E-state index in [-0.39, 0.29) is 0 Å². The second-order valence-corrected chi connectivity index (χ2v) is 5.47. The van der Waals surface area contributed by atoms with Crippen LogP contribution in [0.1, 0.15) is 0 Å². The third-order valence-corrected chi connectivity index (χ3v) is 4.07. The summed E-state index contributed by atoms with van der Waals surface area (Å²) in [6, 6.07) is 22.2. The summed E-state index contributed by atoms with van der Waals surface area (Å²) < 4.78 is 3.78.